The van der Waals surface area contributed by atoms with Gasteiger partial charge in [-0.25, -0.2) is 0 Å². The number of hydrogen-bond donors (Lipinski definition) is 0. The molecule has 0 aromatic carbocycles. The van der Waals surface area contributed by atoms with Gasteiger partial charge >= 0.3 is 58.9 Å². The van der Waals surface area contributed by atoms with Gasteiger partial charge < -0.3 is 0 Å². The Bertz CT molecular complexity index is 22.4. The molecule has 4 heteroatoms. The van der Waals surface area contributed by atoms with Gasteiger partial charge in [0.05, 0.1) is 0 Å². The Hall–Kier alpha value is 1.66. The third kappa shape index (κ3) is 27.5. The molecule has 0 aromatic rings. The third-order valence-corrected chi connectivity index (χ3v) is 0. The number of hydrogen-bond acceptors (Lipinski definition) is 0. The first-order chi connectivity index (χ1) is 2.00. The van der Waals surface area contributed by atoms with Crippen LogP contribution in [0.2, 0.25) is 0 Å². The van der Waals surface area contributed by atoms with Gasteiger partial charge in [-0.3, -0.25) is 0 Å². The van der Waals surface area contributed by atoms with Crippen molar-refractivity contribution in [2.24, 2.45) is 0 Å². The van der Waals surface area contributed by atoms with E-state index in [0.717, 1.165) is 0 Å². The molecule has 0 N–H and O–H groups in total. The molecule has 0 aliphatic carbocycles. The second kappa shape index (κ2) is 2.09. The van der Waals surface area contributed by atoms with Gasteiger partial charge in [0.2, 0.25) is 0 Å². The van der Waals surface area contributed by atoms with Gasteiger partial charge in [-0.05, 0) is 0 Å². The zero-order valence-electron chi connectivity index (χ0n) is 2.08. The molecule has 0 fully saturated rings. The summed E-state index contributed by atoms with van der Waals surface area (Å²) >= 11 is 16.4. The van der Waals surface area contributed by atoms with Crippen molar-refractivity contribution in [3.05, 3.63) is 0 Å². The second-order valence-electron chi connectivity index (χ2n) is 0.468. The fourth-order valence-electron chi connectivity index (χ4n) is 0. The van der Waals surface area contributed by atoms with Crippen LogP contribution in [0, 0.1) is 0 Å². The van der Waals surface area contributed by atoms with E-state index < -0.39 is 1.84 Å². The SMILES string of the molecule is ClC(Cl)(Cl)[TeH]. The van der Waals surface area contributed by atoms with E-state index in [9.17, 15) is 0 Å². The molecular formula is CHCl3Te. The summed E-state index contributed by atoms with van der Waals surface area (Å²) in [6.07, 6.45) is 0. The number of rotatable bonds is 0. The van der Waals surface area contributed by atoms with E-state index in [2.05, 4.69) is 0 Å². The first-order valence-corrected chi connectivity index (χ1v) is 3.20. The maximum absolute atomic E-state index is 5.08. The quantitative estimate of drug-likeness (QED) is 0.446. The van der Waals surface area contributed by atoms with Crippen LogP contribution >= 0.6 is 34.8 Å². The predicted octanol–water partition coefficient (Wildman–Crippen LogP) is 1.21. The Morgan fingerprint density at radius 1 is 1.20 bits per heavy atom. The number of halogens is 3. The molecule has 32 valence electrons. The summed E-state index contributed by atoms with van der Waals surface area (Å²) in [6.45, 7) is 0. The molecule has 0 aliphatic rings. The zero-order valence-corrected chi connectivity index (χ0v) is 6.90. The third-order valence-electron chi connectivity index (χ3n) is 0. The fourth-order valence-corrected chi connectivity index (χ4v) is 0. The van der Waals surface area contributed by atoms with E-state index in [1.807, 2.05) is 0 Å². The van der Waals surface area contributed by atoms with Crippen molar-refractivity contribution < 1.29 is 0 Å². The van der Waals surface area contributed by atoms with Crippen LogP contribution in [0.1, 0.15) is 0 Å². The molecule has 0 atom stereocenters. The van der Waals surface area contributed by atoms with Crippen LogP contribution in [0.25, 0.3) is 0 Å². The summed E-state index contributed by atoms with van der Waals surface area (Å²) < 4.78 is -1.03. The maximum atomic E-state index is 5.08. The molecular weight excluding hydrogens is 246 g/mol. The Morgan fingerprint density at radius 2 is 1.20 bits per heavy atom. The molecule has 0 spiro atoms. The van der Waals surface area contributed by atoms with Crippen molar-refractivity contribution >= 4 is 57.1 Å². The molecule has 5 heavy (non-hydrogen) atoms. The Morgan fingerprint density at radius 3 is 1.20 bits per heavy atom. The predicted molar refractivity (Wildman–Crippen MR) is 27.4 cm³/mol. The van der Waals surface area contributed by atoms with Crippen molar-refractivity contribution in [1.29, 1.82) is 0 Å². The summed E-state index contributed by atoms with van der Waals surface area (Å²) in [5.41, 5.74) is 0. The van der Waals surface area contributed by atoms with E-state index in [-0.39, 0.29) is 0 Å². The van der Waals surface area contributed by atoms with Crippen molar-refractivity contribution in [3.8, 4) is 0 Å². The van der Waals surface area contributed by atoms with E-state index in [0.29, 0.717) is 0 Å². The molecule has 0 nitrogen and oxygen atoms in total. The topological polar surface area (TPSA) is 0 Å². The van der Waals surface area contributed by atoms with Gasteiger partial charge in [-0.1, -0.05) is 0 Å². The van der Waals surface area contributed by atoms with Gasteiger partial charge in [0.1, 0.15) is 0 Å². The van der Waals surface area contributed by atoms with Crippen LogP contribution in [-0.2, 0) is 0 Å². The summed E-state index contributed by atoms with van der Waals surface area (Å²) in [5.74, 6) is 0. The van der Waals surface area contributed by atoms with Gasteiger partial charge in [0.25, 0.3) is 0 Å². The Labute approximate surface area is 58.7 Å². The molecule has 0 bridgehead atoms. The molecule has 0 amide bonds. The van der Waals surface area contributed by atoms with E-state index >= 15 is 0 Å². The van der Waals surface area contributed by atoms with Crippen LogP contribution in [0.4, 0.5) is 0 Å². The van der Waals surface area contributed by atoms with Crippen LogP contribution in [-0.4, -0.2) is 24.1 Å². The van der Waals surface area contributed by atoms with Crippen molar-refractivity contribution in [3.63, 3.8) is 0 Å². The Kier molecular flexibility index (Phi) is 2.79. The average molecular weight is 247 g/mol. The summed E-state index contributed by atoms with van der Waals surface area (Å²) in [5, 5.41) is 0. The van der Waals surface area contributed by atoms with E-state index in [1.165, 1.54) is 22.3 Å². The second-order valence-corrected chi connectivity index (χ2v) is 7.03. The summed E-state index contributed by atoms with van der Waals surface area (Å²) in [7, 11) is 0. The number of alkyl halides is 3. The van der Waals surface area contributed by atoms with E-state index in [1.54, 1.807) is 0 Å². The molecule has 0 unspecified atom stereocenters. The van der Waals surface area contributed by atoms with Crippen molar-refractivity contribution in [1.82, 2.24) is 0 Å². The fraction of sp³-hybridized carbons (Fsp3) is 1.00. The molecule has 0 heterocycles. The standard InChI is InChI=1S/CHCl3Te/c2-1(3,4)5/h5H. The van der Waals surface area contributed by atoms with Gasteiger partial charge in [-0.15, -0.1) is 0 Å². The van der Waals surface area contributed by atoms with E-state index in [4.69, 9.17) is 34.8 Å². The van der Waals surface area contributed by atoms with Crippen LogP contribution in [0.5, 0.6) is 0 Å². The van der Waals surface area contributed by atoms with Gasteiger partial charge in [-0.2, -0.15) is 0 Å². The minimum absolute atomic E-state index is 1.03. The van der Waals surface area contributed by atoms with Crippen LogP contribution in [0.3, 0.4) is 0 Å². The van der Waals surface area contributed by atoms with Crippen LogP contribution in [0.15, 0.2) is 0 Å². The molecule has 0 aromatic heterocycles. The molecule has 0 rings (SSSR count). The molecule has 0 radical (unpaired) electrons. The first-order valence-electron chi connectivity index (χ1n) is 0.791. The van der Waals surface area contributed by atoms with Crippen LogP contribution < -0.4 is 0 Å². The van der Waals surface area contributed by atoms with Gasteiger partial charge in [0.15, 0.2) is 0 Å². The normalized spacial score (nSPS) is 12.0. The minimum atomic E-state index is -1.03. The summed E-state index contributed by atoms with van der Waals surface area (Å²) in [4.78, 5) is 0. The monoisotopic (exact) mass is 248 g/mol. The molecule has 0 saturated carbocycles. The van der Waals surface area contributed by atoms with Gasteiger partial charge in [0, 0.05) is 0 Å². The molecule has 0 saturated heterocycles. The first kappa shape index (κ1) is 6.66. The summed E-state index contributed by atoms with van der Waals surface area (Å²) in [6, 6.07) is 0. The average Bonchev–Trinajstić information content (AvgIpc) is 0.722. The van der Waals surface area contributed by atoms with Crippen molar-refractivity contribution in [2.75, 3.05) is 0 Å². The van der Waals surface area contributed by atoms with Crippen molar-refractivity contribution in [2.45, 2.75) is 1.84 Å². The molecule has 0 aliphatic heterocycles. The zero-order chi connectivity index (χ0) is 4.50. The Balaban J connectivity index is 3.02.